The van der Waals surface area contributed by atoms with Gasteiger partial charge in [-0.25, -0.2) is 0 Å². The molecule has 0 atom stereocenters. The molecule has 1 N–H and O–H groups in total. The van der Waals surface area contributed by atoms with Crippen LogP contribution in [0.25, 0.3) is 6.08 Å². The summed E-state index contributed by atoms with van der Waals surface area (Å²) in [6, 6.07) is 3.78. The lowest BCUT2D eigenvalue weighted by atomic mass is 10.1. The molecule has 0 radical (unpaired) electrons. The Morgan fingerprint density at radius 1 is 1.39 bits per heavy atom. The molecule has 1 amide bonds. The van der Waals surface area contributed by atoms with Crippen LogP contribution in [-0.2, 0) is 4.79 Å². The Labute approximate surface area is 113 Å². The monoisotopic (exact) mass is 279 g/mol. The van der Waals surface area contributed by atoms with Crippen LogP contribution in [0.5, 0.6) is 11.5 Å². The van der Waals surface area contributed by atoms with Gasteiger partial charge >= 0.3 is 0 Å². The van der Waals surface area contributed by atoms with Crippen LogP contribution in [0.1, 0.15) is 11.1 Å². The Balaban J connectivity index is 2.00. The third-order valence-electron chi connectivity index (χ3n) is 2.69. The van der Waals surface area contributed by atoms with Crippen molar-refractivity contribution in [2.75, 3.05) is 6.79 Å². The second-order valence-electron chi connectivity index (χ2n) is 3.91. The van der Waals surface area contributed by atoms with E-state index in [-0.39, 0.29) is 12.7 Å². The summed E-state index contributed by atoms with van der Waals surface area (Å²) >= 11 is 6.22. The number of thioether (sulfide) groups is 1. The summed E-state index contributed by atoms with van der Waals surface area (Å²) in [5.41, 5.74) is 1.96. The van der Waals surface area contributed by atoms with Gasteiger partial charge in [0.15, 0.2) is 11.5 Å². The molecule has 1 fully saturated rings. The number of nitrogens with one attached hydrogen (secondary N) is 1. The maximum Gasteiger partial charge on any atom is 0.263 e. The average Bonchev–Trinajstić information content (AvgIpc) is 2.86. The van der Waals surface area contributed by atoms with Crippen molar-refractivity contribution in [2.45, 2.75) is 6.92 Å². The Hall–Kier alpha value is -1.53. The molecule has 2 aliphatic rings. The number of fused-ring (bicyclic) bond motifs is 1. The van der Waals surface area contributed by atoms with E-state index in [9.17, 15) is 4.79 Å². The lowest BCUT2D eigenvalue weighted by Gasteiger charge is -2.03. The highest BCUT2D eigenvalue weighted by molar-refractivity contribution is 8.26. The first kappa shape index (κ1) is 11.6. The zero-order chi connectivity index (χ0) is 12.7. The van der Waals surface area contributed by atoms with Gasteiger partial charge in [0.05, 0.1) is 4.91 Å². The first-order valence-corrected chi connectivity index (χ1v) is 6.51. The number of ether oxygens (including phenoxy) is 2. The summed E-state index contributed by atoms with van der Waals surface area (Å²) < 4.78 is 11.1. The number of benzene rings is 1. The minimum atomic E-state index is -0.151. The third-order valence-corrected chi connectivity index (χ3v) is 3.85. The van der Waals surface area contributed by atoms with E-state index >= 15 is 0 Å². The fourth-order valence-corrected chi connectivity index (χ4v) is 2.81. The topological polar surface area (TPSA) is 47.6 Å². The van der Waals surface area contributed by atoms with Gasteiger partial charge in [-0.15, -0.1) is 0 Å². The second-order valence-corrected chi connectivity index (χ2v) is 5.63. The Morgan fingerprint density at radius 2 is 2.11 bits per heavy atom. The number of amides is 1. The Kier molecular flexibility index (Phi) is 2.76. The van der Waals surface area contributed by atoms with Crippen molar-refractivity contribution in [1.29, 1.82) is 0 Å². The molecule has 2 aliphatic heterocycles. The predicted molar refractivity (Wildman–Crippen MR) is 73.6 cm³/mol. The van der Waals surface area contributed by atoms with E-state index in [0.717, 1.165) is 16.9 Å². The van der Waals surface area contributed by atoms with Crippen LogP contribution in [0, 0.1) is 6.92 Å². The van der Waals surface area contributed by atoms with E-state index < -0.39 is 0 Å². The van der Waals surface area contributed by atoms with E-state index in [1.165, 1.54) is 11.8 Å². The van der Waals surface area contributed by atoms with Gasteiger partial charge < -0.3 is 14.8 Å². The van der Waals surface area contributed by atoms with Gasteiger partial charge in [0, 0.05) is 0 Å². The van der Waals surface area contributed by atoms with Gasteiger partial charge in [-0.05, 0) is 36.3 Å². The minimum absolute atomic E-state index is 0.151. The molecule has 4 nitrogen and oxygen atoms in total. The van der Waals surface area contributed by atoms with Crippen LogP contribution >= 0.6 is 24.0 Å². The quantitative estimate of drug-likeness (QED) is 0.631. The summed E-state index contributed by atoms with van der Waals surface area (Å²) in [6.45, 7) is 2.21. The molecular weight excluding hydrogens is 270 g/mol. The average molecular weight is 279 g/mol. The number of thiocarbonyl (C=S) groups is 1. The number of rotatable bonds is 1. The van der Waals surface area contributed by atoms with E-state index in [0.29, 0.717) is 15.0 Å². The van der Waals surface area contributed by atoms with Crippen molar-refractivity contribution in [3.8, 4) is 11.5 Å². The molecule has 2 heterocycles. The smallest absolute Gasteiger partial charge is 0.263 e. The van der Waals surface area contributed by atoms with Gasteiger partial charge in [0.2, 0.25) is 6.79 Å². The standard InChI is InChI=1S/C12H9NO3S2/c1-6-2-8-9(16-5-15-8)3-7(6)4-10-11(14)13-12(17)18-10/h2-4H,5H2,1H3,(H,13,14,17)/b10-4-. The third kappa shape index (κ3) is 1.97. The number of hydrogen-bond acceptors (Lipinski definition) is 5. The summed E-state index contributed by atoms with van der Waals surface area (Å²) in [5, 5.41) is 2.59. The van der Waals surface area contributed by atoms with Crippen molar-refractivity contribution in [3.63, 3.8) is 0 Å². The predicted octanol–water partition coefficient (Wildman–Crippen LogP) is 2.21. The van der Waals surface area contributed by atoms with Crippen molar-refractivity contribution >= 4 is 40.3 Å². The van der Waals surface area contributed by atoms with Crippen molar-refractivity contribution < 1.29 is 14.3 Å². The summed E-state index contributed by atoms with van der Waals surface area (Å²) in [6.07, 6.45) is 1.82. The molecule has 1 aromatic carbocycles. The lowest BCUT2D eigenvalue weighted by molar-refractivity contribution is -0.115. The molecule has 92 valence electrons. The lowest BCUT2D eigenvalue weighted by Crippen LogP contribution is -2.17. The van der Waals surface area contributed by atoms with E-state index in [1.807, 2.05) is 25.1 Å². The van der Waals surface area contributed by atoms with Gasteiger partial charge in [-0.2, -0.15) is 0 Å². The zero-order valence-electron chi connectivity index (χ0n) is 9.48. The zero-order valence-corrected chi connectivity index (χ0v) is 11.1. The first-order valence-electron chi connectivity index (χ1n) is 5.28. The largest absolute Gasteiger partial charge is 0.454 e. The summed E-state index contributed by atoms with van der Waals surface area (Å²) in [5.74, 6) is 1.30. The van der Waals surface area contributed by atoms with Gasteiger partial charge in [0.1, 0.15) is 4.32 Å². The highest BCUT2D eigenvalue weighted by atomic mass is 32.2. The Morgan fingerprint density at radius 3 is 2.78 bits per heavy atom. The van der Waals surface area contributed by atoms with Crippen LogP contribution in [0.4, 0.5) is 0 Å². The highest BCUT2D eigenvalue weighted by Gasteiger charge is 2.23. The molecule has 1 saturated heterocycles. The van der Waals surface area contributed by atoms with Crippen LogP contribution in [0.15, 0.2) is 17.0 Å². The molecular formula is C12H9NO3S2. The van der Waals surface area contributed by atoms with Crippen LogP contribution in [0.3, 0.4) is 0 Å². The molecule has 0 bridgehead atoms. The summed E-state index contributed by atoms with van der Waals surface area (Å²) in [7, 11) is 0. The molecule has 1 aromatic rings. The molecule has 0 aromatic heterocycles. The molecule has 3 rings (SSSR count). The van der Waals surface area contributed by atoms with Crippen molar-refractivity contribution in [2.24, 2.45) is 0 Å². The fraction of sp³-hybridized carbons (Fsp3) is 0.167. The van der Waals surface area contributed by atoms with Gasteiger partial charge in [-0.1, -0.05) is 24.0 Å². The molecule has 0 saturated carbocycles. The molecule has 0 spiro atoms. The van der Waals surface area contributed by atoms with Crippen LogP contribution in [0.2, 0.25) is 0 Å². The summed E-state index contributed by atoms with van der Waals surface area (Å²) in [4.78, 5) is 12.2. The number of carbonyl (C=O) groups excluding carboxylic acids is 1. The molecule has 0 unspecified atom stereocenters. The first-order chi connectivity index (χ1) is 8.63. The fourth-order valence-electron chi connectivity index (χ4n) is 1.78. The van der Waals surface area contributed by atoms with E-state index in [1.54, 1.807) is 0 Å². The van der Waals surface area contributed by atoms with Crippen LogP contribution < -0.4 is 14.8 Å². The van der Waals surface area contributed by atoms with Crippen LogP contribution in [-0.4, -0.2) is 17.0 Å². The number of hydrogen-bond donors (Lipinski definition) is 1. The Bertz CT molecular complexity index is 595. The van der Waals surface area contributed by atoms with Crippen molar-refractivity contribution in [3.05, 3.63) is 28.2 Å². The molecule has 18 heavy (non-hydrogen) atoms. The molecule has 6 heteroatoms. The van der Waals surface area contributed by atoms with Gasteiger partial charge in [0.25, 0.3) is 5.91 Å². The van der Waals surface area contributed by atoms with Crippen molar-refractivity contribution in [1.82, 2.24) is 5.32 Å². The maximum atomic E-state index is 11.6. The SMILES string of the molecule is Cc1cc2c(cc1/C=C1\SC(=S)NC1=O)OCO2. The maximum absolute atomic E-state index is 11.6. The van der Waals surface area contributed by atoms with E-state index in [4.69, 9.17) is 21.7 Å². The van der Waals surface area contributed by atoms with Gasteiger partial charge in [-0.3, -0.25) is 4.79 Å². The minimum Gasteiger partial charge on any atom is -0.454 e. The number of carbonyl (C=O) groups is 1. The normalized spacial score (nSPS) is 19.5. The molecule has 0 aliphatic carbocycles. The van der Waals surface area contributed by atoms with E-state index in [2.05, 4.69) is 5.32 Å². The number of aryl methyl sites for hydroxylation is 1. The second kappa shape index (κ2) is 4.29. The highest BCUT2D eigenvalue weighted by Crippen LogP contribution is 2.36.